The first-order valence-electron chi connectivity index (χ1n) is 26.7. The van der Waals surface area contributed by atoms with Crippen LogP contribution in [0.1, 0.15) is 129 Å². The Balaban J connectivity index is 1.08. The fraction of sp³-hybridized carbons (Fsp3) is 0.526. The number of carbonyl (C=O) groups is 5. The SMILES string of the molecule is CC[C@@H](NC(=O)[C@@H]1C[C@H](NC(=O)CCCCCCCC(=O)N(C)CCc2cc(OC)c(Nc3ncc(Cl)c(Nc4ccccc4S(=O)(=O)C(C)C)n3)cc2C)CN1C(=O)[C@@H](NC(=O)[C@H](C)NC)C(C)(C)C)c1ccccc1. The number of methoxy groups -OCH3 is 1. The van der Waals surface area contributed by atoms with Crippen molar-refractivity contribution in [3.63, 3.8) is 0 Å². The van der Waals surface area contributed by atoms with Gasteiger partial charge in [-0.2, -0.15) is 4.98 Å². The molecule has 20 heteroatoms. The van der Waals surface area contributed by atoms with E-state index in [2.05, 4.69) is 41.9 Å². The highest BCUT2D eigenvalue weighted by molar-refractivity contribution is 7.92. The van der Waals surface area contributed by atoms with Crippen LogP contribution < -0.4 is 36.6 Å². The fourth-order valence-corrected chi connectivity index (χ4v) is 10.5. The van der Waals surface area contributed by atoms with Crippen LogP contribution in [0.4, 0.5) is 23.1 Å². The number of rotatable bonds is 27. The van der Waals surface area contributed by atoms with Crippen molar-refractivity contribution < 1.29 is 37.1 Å². The molecule has 0 spiro atoms. The number of halogens is 1. The van der Waals surface area contributed by atoms with Gasteiger partial charge in [0.15, 0.2) is 15.7 Å². The normalized spacial score (nSPS) is 15.8. The van der Waals surface area contributed by atoms with Crippen LogP contribution in [-0.4, -0.2) is 121 Å². The fourth-order valence-electron chi connectivity index (χ4n) is 9.12. The van der Waals surface area contributed by atoms with Crippen molar-refractivity contribution in [2.24, 2.45) is 5.41 Å². The van der Waals surface area contributed by atoms with Crippen LogP contribution in [0.3, 0.4) is 0 Å². The molecule has 1 fully saturated rings. The lowest BCUT2D eigenvalue weighted by Gasteiger charge is -2.36. The first-order chi connectivity index (χ1) is 36.5. The summed E-state index contributed by atoms with van der Waals surface area (Å²) in [6.45, 7) is 15.2. The van der Waals surface area contributed by atoms with Crippen molar-refractivity contribution in [1.82, 2.24) is 41.0 Å². The zero-order chi connectivity index (χ0) is 56.6. The smallest absolute Gasteiger partial charge is 0.246 e. The van der Waals surface area contributed by atoms with Crippen LogP contribution in [0.25, 0.3) is 0 Å². The summed E-state index contributed by atoms with van der Waals surface area (Å²) < 4.78 is 31.9. The molecule has 1 aliphatic heterocycles. The van der Waals surface area contributed by atoms with E-state index in [1.54, 1.807) is 71.1 Å². The van der Waals surface area contributed by atoms with Crippen LogP contribution in [0, 0.1) is 12.3 Å². The van der Waals surface area contributed by atoms with Crippen molar-refractivity contribution in [2.75, 3.05) is 44.9 Å². The van der Waals surface area contributed by atoms with Gasteiger partial charge < -0.3 is 46.4 Å². The molecule has 0 aliphatic carbocycles. The number of likely N-dealkylation sites (N-methyl/N-ethyl adjacent to an activating group) is 2. The van der Waals surface area contributed by atoms with Gasteiger partial charge in [0.2, 0.25) is 35.5 Å². The van der Waals surface area contributed by atoms with Gasteiger partial charge in [0.05, 0.1) is 46.9 Å². The number of anilines is 4. The first kappa shape index (κ1) is 61.5. The summed E-state index contributed by atoms with van der Waals surface area (Å²) in [5.41, 5.74) is 3.20. The molecule has 1 saturated heterocycles. The summed E-state index contributed by atoms with van der Waals surface area (Å²) in [7, 11) is 1.44. The molecule has 5 atom stereocenters. The highest BCUT2D eigenvalue weighted by atomic mass is 35.5. The Labute approximate surface area is 460 Å². The molecule has 0 saturated carbocycles. The minimum absolute atomic E-state index is 0.0473. The van der Waals surface area contributed by atoms with Crippen molar-refractivity contribution in [1.29, 1.82) is 0 Å². The highest BCUT2D eigenvalue weighted by Gasteiger charge is 2.46. The van der Waals surface area contributed by atoms with Gasteiger partial charge in [0.25, 0.3) is 0 Å². The number of hydrogen-bond acceptors (Lipinski definition) is 13. The molecule has 4 aromatic rings. The largest absolute Gasteiger partial charge is 0.495 e. The maximum atomic E-state index is 14.4. The summed E-state index contributed by atoms with van der Waals surface area (Å²) in [6.07, 6.45) is 7.47. The number of nitrogens with zero attached hydrogens (tertiary/aromatic N) is 4. The van der Waals surface area contributed by atoms with E-state index in [-0.39, 0.29) is 76.6 Å². The molecular formula is C57H81ClN10O8S. The zero-order valence-corrected chi connectivity index (χ0v) is 48.3. The number of nitrogens with one attached hydrogen (secondary N) is 6. The second kappa shape index (κ2) is 28.4. The molecule has 77 heavy (non-hydrogen) atoms. The lowest BCUT2D eigenvalue weighted by atomic mass is 9.85. The van der Waals surface area contributed by atoms with Crippen molar-refractivity contribution in [3.05, 3.63) is 94.6 Å². The van der Waals surface area contributed by atoms with Crippen LogP contribution in [-0.2, 0) is 40.2 Å². The van der Waals surface area contributed by atoms with E-state index in [0.717, 1.165) is 42.4 Å². The number of benzene rings is 3. The molecule has 0 bridgehead atoms. The molecule has 18 nitrogen and oxygen atoms in total. The van der Waals surface area contributed by atoms with Gasteiger partial charge >= 0.3 is 0 Å². The molecule has 6 N–H and O–H groups in total. The molecule has 5 rings (SSSR count). The number of amides is 5. The minimum Gasteiger partial charge on any atom is -0.495 e. The molecule has 3 aromatic carbocycles. The van der Waals surface area contributed by atoms with Gasteiger partial charge in [-0.1, -0.05) is 101 Å². The topological polar surface area (TPSA) is 233 Å². The third kappa shape index (κ3) is 17.1. The maximum Gasteiger partial charge on any atom is 0.246 e. The van der Waals surface area contributed by atoms with Gasteiger partial charge in [0.1, 0.15) is 22.9 Å². The van der Waals surface area contributed by atoms with Crippen LogP contribution in [0.5, 0.6) is 5.75 Å². The molecule has 2 heterocycles. The number of hydrogen-bond donors (Lipinski definition) is 6. The third-order valence-electron chi connectivity index (χ3n) is 14.1. The summed E-state index contributed by atoms with van der Waals surface area (Å²) in [5, 5.41) is 17.9. The second-order valence-corrected chi connectivity index (χ2v) is 24.1. The van der Waals surface area contributed by atoms with E-state index in [9.17, 15) is 32.4 Å². The average Bonchev–Trinajstić information content (AvgIpc) is 3.84. The predicted octanol–water partition coefficient (Wildman–Crippen LogP) is 8.34. The molecule has 0 unspecified atom stereocenters. The van der Waals surface area contributed by atoms with Gasteiger partial charge in [-0.15, -0.1) is 0 Å². The Morgan fingerprint density at radius 2 is 1.56 bits per heavy atom. The summed E-state index contributed by atoms with van der Waals surface area (Å²) in [6, 6.07) is 17.1. The lowest BCUT2D eigenvalue weighted by molar-refractivity contribution is -0.144. The van der Waals surface area contributed by atoms with E-state index in [1.807, 2.05) is 77.1 Å². The zero-order valence-electron chi connectivity index (χ0n) is 46.7. The quantitative estimate of drug-likeness (QED) is 0.0309. The number of ether oxygens (including phenoxy) is 1. The standard InChI is InChI=1S/C57H81ClN10O8S/c1-12-43(39-23-17-16-18-24-39)63-54(72)46-33-41(35-68(46)55(73)51(57(6,7)8)65-53(71)38(5)59-9)61-49(69)27-19-14-13-15-20-28-50(70)67(10)30-29-40-32-47(76-11)45(31-37(40)4)64-56-60-34-42(58)52(66-56)62-44-25-21-22-26-48(44)77(74,75)36(2)3/h16-18,21-26,31-32,34,36,38,41,43,46,51,59H,12-15,19-20,27-30,33,35H2,1-11H3,(H,61,69)(H,63,72)(H,65,71)(H2,60,62,64,66)/t38-,41-,43+,46-,51+/m0/s1. The maximum absolute atomic E-state index is 14.4. The van der Waals surface area contributed by atoms with Gasteiger partial charge in [-0.25, -0.2) is 13.4 Å². The number of sulfone groups is 1. The second-order valence-electron chi connectivity index (χ2n) is 21.2. The Kier molecular flexibility index (Phi) is 22.7. The summed E-state index contributed by atoms with van der Waals surface area (Å²) in [4.78, 5) is 80.3. The lowest BCUT2D eigenvalue weighted by Crippen LogP contribution is -2.59. The number of unbranched alkanes of at least 4 members (excludes halogenated alkanes) is 4. The van der Waals surface area contributed by atoms with E-state index >= 15 is 0 Å². The molecule has 420 valence electrons. The predicted molar refractivity (Wildman–Crippen MR) is 303 cm³/mol. The van der Waals surface area contributed by atoms with Crippen LogP contribution >= 0.6 is 11.6 Å². The van der Waals surface area contributed by atoms with E-state index in [1.165, 1.54) is 11.1 Å². The number of carbonyl (C=O) groups excluding carboxylic acids is 5. The van der Waals surface area contributed by atoms with E-state index in [4.69, 9.17) is 16.3 Å². The number of para-hydroxylation sites is 1. The number of likely N-dealkylation sites (tertiary alicyclic amines) is 1. The summed E-state index contributed by atoms with van der Waals surface area (Å²) >= 11 is 6.47. The average molecular weight is 1100 g/mol. The van der Waals surface area contributed by atoms with Crippen molar-refractivity contribution >= 4 is 74.1 Å². The van der Waals surface area contributed by atoms with E-state index < -0.39 is 44.7 Å². The van der Waals surface area contributed by atoms with Gasteiger partial charge in [-0.05, 0) is 113 Å². The van der Waals surface area contributed by atoms with Crippen LogP contribution in [0.15, 0.2) is 77.8 Å². The summed E-state index contributed by atoms with van der Waals surface area (Å²) in [5.74, 6) is -0.149. The van der Waals surface area contributed by atoms with Gasteiger partial charge in [0, 0.05) is 39.0 Å². The Morgan fingerprint density at radius 3 is 2.21 bits per heavy atom. The monoisotopic (exact) mass is 1100 g/mol. The first-order valence-corrected chi connectivity index (χ1v) is 28.6. The number of aromatic nitrogens is 2. The molecular weight excluding hydrogens is 1020 g/mol. The molecule has 0 radical (unpaired) electrons. The molecule has 1 aliphatic rings. The molecule has 5 amide bonds. The van der Waals surface area contributed by atoms with Crippen molar-refractivity contribution in [2.45, 2.75) is 160 Å². The Morgan fingerprint density at radius 1 is 0.896 bits per heavy atom. The van der Waals surface area contributed by atoms with Crippen molar-refractivity contribution in [3.8, 4) is 5.75 Å². The van der Waals surface area contributed by atoms with E-state index in [0.29, 0.717) is 49.4 Å². The third-order valence-corrected chi connectivity index (χ3v) is 16.5. The molecule has 1 aromatic heterocycles. The van der Waals surface area contributed by atoms with Gasteiger partial charge in [-0.3, -0.25) is 24.0 Å². The Hall–Kier alpha value is -6.31. The Bertz CT molecular complexity index is 2780. The minimum atomic E-state index is -3.60. The van der Waals surface area contributed by atoms with Crippen LogP contribution in [0.2, 0.25) is 5.02 Å². The highest BCUT2D eigenvalue weighted by Crippen LogP contribution is 2.34. The number of aryl methyl sites for hydroxylation is 1.